The van der Waals surface area contributed by atoms with E-state index in [-0.39, 0.29) is 28.7 Å². The van der Waals surface area contributed by atoms with E-state index in [1.54, 1.807) is 0 Å². The molecule has 190 valence electrons. The van der Waals surface area contributed by atoms with E-state index in [2.05, 4.69) is 13.5 Å². The summed E-state index contributed by atoms with van der Waals surface area (Å²) in [5, 5.41) is 0. The van der Waals surface area contributed by atoms with Gasteiger partial charge in [-0.25, -0.2) is 17.6 Å². The van der Waals surface area contributed by atoms with Gasteiger partial charge in [-0.2, -0.15) is 0 Å². The molecular formula is C30H36F4O. The zero-order valence-corrected chi connectivity index (χ0v) is 20.6. The fourth-order valence-electron chi connectivity index (χ4n) is 5.78. The molecule has 2 aromatic carbocycles. The van der Waals surface area contributed by atoms with Gasteiger partial charge in [0.1, 0.15) is 0 Å². The van der Waals surface area contributed by atoms with Crippen LogP contribution in [0.5, 0.6) is 0 Å². The molecule has 1 aliphatic carbocycles. The molecule has 2 aromatic rings. The molecule has 1 heterocycles. The summed E-state index contributed by atoms with van der Waals surface area (Å²) in [5.41, 5.74) is 0.0642. The van der Waals surface area contributed by atoms with Gasteiger partial charge < -0.3 is 4.74 Å². The normalized spacial score (nSPS) is 24.9. The van der Waals surface area contributed by atoms with Crippen molar-refractivity contribution in [3.63, 3.8) is 0 Å². The highest BCUT2D eigenvalue weighted by Crippen LogP contribution is 2.40. The summed E-state index contributed by atoms with van der Waals surface area (Å²) < 4.78 is 65.8. The number of hydrogen-bond acceptors (Lipinski definition) is 1. The largest absolute Gasteiger partial charge is 0.378 e. The molecule has 2 aliphatic rings. The molecule has 2 fully saturated rings. The maximum atomic E-state index is 15.0. The Bertz CT molecular complexity index is 1020. The van der Waals surface area contributed by atoms with Crippen molar-refractivity contribution in [2.75, 3.05) is 6.61 Å². The predicted octanol–water partition coefficient (Wildman–Crippen LogP) is 8.90. The highest BCUT2D eigenvalue weighted by Gasteiger charge is 2.27. The molecule has 2 unspecified atom stereocenters. The maximum absolute atomic E-state index is 15.0. The molecule has 1 saturated carbocycles. The van der Waals surface area contributed by atoms with Crippen molar-refractivity contribution in [1.29, 1.82) is 0 Å². The van der Waals surface area contributed by atoms with Crippen LogP contribution < -0.4 is 0 Å². The van der Waals surface area contributed by atoms with E-state index in [0.717, 1.165) is 58.0 Å². The lowest BCUT2D eigenvalue weighted by Gasteiger charge is -2.29. The van der Waals surface area contributed by atoms with Crippen LogP contribution in [0.1, 0.15) is 81.8 Å². The van der Waals surface area contributed by atoms with Crippen LogP contribution in [0, 0.1) is 35.1 Å². The first-order valence-electron chi connectivity index (χ1n) is 13.1. The van der Waals surface area contributed by atoms with Crippen LogP contribution >= 0.6 is 0 Å². The van der Waals surface area contributed by atoms with Crippen LogP contribution in [0.4, 0.5) is 17.6 Å². The van der Waals surface area contributed by atoms with Gasteiger partial charge >= 0.3 is 0 Å². The molecule has 0 N–H and O–H groups in total. The molecular weight excluding hydrogens is 452 g/mol. The van der Waals surface area contributed by atoms with E-state index in [9.17, 15) is 8.78 Å². The van der Waals surface area contributed by atoms with Crippen LogP contribution in [0.25, 0.3) is 11.1 Å². The minimum atomic E-state index is -1.13. The first-order chi connectivity index (χ1) is 16.9. The lowest BCUT2D eigenvalue weighted by molar-refractivity contribution is -0.0216. The van der Waals surface area contributed by atoms with Crippen molar-refractivity contribution in [3.05, 3.63) is 71.3 Å². The molecule has 4 rings (SSSR count). The van der Waals surface area contributed by atoms with Gasteiger partial charge in [0.05, 0.1) is 6.10 Å². The topological polar surface area (TPSA) is 9.23 Å². The van der Waals surface area contributed by atoms with Crippen LogP contribution in [-0.2, 0) is 11.2 Å². The molecule has 5 heteroatoms. The van der Waals surface area contributed by atoms with Gasteiger partial charge in [0.25, 0.3) is 0 Å². The first-order valence-corrected chi connectivity index (χ1v) is 13.1. The van der Waals surface area contributed by atoms with Crippen molar-refractivity contribution in [2.24, 2.45) is 11.8 Å². The van der Waals surface area contributed by atoms with Crippen LogP contribution in [-0.4, -0.2) is 12.7 Å². The fourth-order valence-corrected chi connectivity index (χ4v) is 5.78. The highest BCUT2D eigenvalue weighted by molar-refractivity contribution is 5.66. The van der Waals surface area contributed by atoms with E-state index in [4.69, 9.17) is 4.74 Å². The Morgan fingerprint density at radius 3 is 2.14 bits per heavy atom. The van der Waals surface area contributed by atoms with Gasteiger partial charge in [-0.1, -0.05) is 43.7 Å². The van der Waals surface area contributed by atoms with Crippen molar-refractivity contribution in [1.82, 2.24) is 0 Å². The first kappa shape index (κ1) is 25.9. The molecule has 2 atom stereocenters. The Morgan fingerprint density at radius 1 is 0.829 bits per heavy atom. The van der Waals surface area contributed by atoms with E-state index >= 15 is 8.78 Å². The van der Waals surface area contributed by atoms with E-state index in [0.29, 0.717) is 30.2 Å². The van der Waals surface area contributed by atoms with E-state index in [1.165, 1.54) is 24.3 Å². The SMILES string of the molecule is C=CC1CCC(c2ccc(-c3ccc(CCC4CCC(CCC)CO4)c(F)c3F)c(F)c2F)CC1. The number of rotatable bonds is 8. The van der Waals surface area contributed by atoms with Crippen LogP contribution in [0.15, 0.2) is 36.9 Å². The molecule has 35 heavy (non-hydrogen) atoms. The Morgan fingerprint density at radius 2 is 1.51 bits per heavy atom. The van der Waals surface area contributed by atoms with Gasteiger partial charge in [0.15, 0.2) is 23.3 Å². The second kappa shape index (κ2) is 11.7. The summed E-state index contributed by atoms with van der Waals surface area (Å²) in [6.45, 7) is 6.71. The number of allylic oxidation sites excluding steroid dienone is 1. The van der Waals surface area contributed by atoms with Crippen molar-refractivity contribution < 1.29 is 22.3 Å². The Balaban J connectivity index is 1.45. The predicted molar refractivity (Wildman–Crippen MR) is 132 cm³/mol. The number of hydrogen-bond donors (Lipinski definition) is 0. The minimum Gasteiger partial charge on any atom is -0.378 e. The quantitative estimate of drug-likeness (QED) is 0.266. The smallest absolute Gasteiger partial charge is 0.167 e. The number of halogens is 4. The molecule has 0 radical (unpaired) electrons. The number of aryl methyl sites for hydroxylation is 1. The average Bonchev–Trinajstić information content (AvgIpc) is 2.88. The van der Waals surface area contributed by atoms with E-state index < -0.39 is 23.3 Å². The third-order valence-electron chi connectivity index (χ3n) is 8.01. The fraction of sp³-hybridized carbons (Fsp3) is 0.533. The summed E-state index contributed by atoms with van der Waals surface area (Å²) in [6, 6.07) is 5.76. The van der Waals surface area contributed by atoms with Crippen LogP contribution in [0.3, 0.4) is 0 Å². The summed E-state index contributed by atoms with van der Waals surface area (Å²) >= 11 is 0. The highest BCUT2D eigenvalue weighted by atomic mass is 19.2. The number of ether oxygens (including phenoxy) is 1. The zero-order valence-electron chi connectivity index (χ0n) is 20.6. The zero-order chi connectivity index (χ0) is 24.9. The van der Waals surface area contributed by atoms with E-state index in [1.807, 2.05) is 6.08 Å². The third-order valence-corrected chi connectivity index (χ3v) is 8.01. The summed E-state index contributed by atoms with van der Waals surface area (Å²) in [7, 11) is 0. The average molecular weight is 489 g/mol. The van der Waals surface area contributed by atoms with Gasteiger partial charge in [-0.05, 0) is 86.7 Å². The Hall–Kier alpha value is -2.14. The summed E-state index contributed by atoms with van der Waals surface area (Å²) in [4.78, 5) is 0. The molecule has 0 amide bonds. The molecule has 0 spiro atoms. The second-order valence-electron chi connectivity index (χ2n) is 10.3. The van der Waals surface area contributed by atoms with Crippen molar-refractivity contribution in [3.8, 4) is 11.1 Å². The molecule has 1 aliphatic heterocycles. The monoisotopic (exact) mass is 488 g/mol. The lowest BCUT2D eigenvalue weighted by atomic mass is 9.78. The second-order valence-corrected chi connectivity index (χ2v) is 10.3. The third kappa shape index (κ3) is 5.82. The van der Waals surface area contributed by atoms with Gasteiger partial charge in [-0.3, -0.25) is 0 Å². The number of benzene rings is 2. The van der Waals surface area contributed by atoms with Crippen molar-refractivity contribution in [2.45, 2.75) is 83.2 Å². The Labute approximate surface area is 206 Å². The maximum Gasteiger partial charge on any atom is 0.167 e. The van der Waals surface area contributed by atoms with Gasteiger partial charge in [-0.15, -0.1) is 6.58 Å². The molecule has 1 nitrogen and oxygen atoms in total. The molecule has 0 aromatic heterocycles. The van der Waals surface area contributed by atoms with Crippen molar-refractivity contribution >= 4 is 0 Å². The molecule has 0 bridgehead atoms. The summed E-state index contributed by atoms with van der Waals surface area (Å²) in [5.74, 6) is -3.26. The summed E-state index contributed by atoms with van der Waals surface area (Å²) in [6.07, 6.45) is 10.5. The minimum absolute atomic E-state index is 0.0471. The van der Waals surface area contributed by atoms with Gasteiger partial charge in [0, 0.05) is 17.7 Å². The standard InChI is InChI=1S/C30H36F4O/c1-3-5-20-8-13-23(35-18-20)14-11-22-12-15-25(29(33)27(22)31)26-17-16-24(28(32)30(26)34)21-9-6-19(4-2)7-10-21/h4,12,15-17,19-21,23H,2-3,5-11,13-14,18H2,1H3. The molecule has 1 saturated heterocycles. The van der Waals surface area contributed by atoms with Gasteiger partial charge in [0.2, 0.25) is 0 Å². The lowest BCUT2D eigenvalue weighted by Crippen LogP contribution is -2.26. The Kier molecular flexibility index (Phi) is 8.69. The van der Waals surface area contributed by atoms with Crippen LogP contribution in [0.2, 0.25) is 0 Å².